The van der Waals surface area contributed by atoms with Crippen LogP contribution in [0.5, 0.6) is 0 Å². The molecule has 1 aromatic rings. The SMILES string of the molecule is Cc1ccnc(NCC(C)(C)N)c1Br. The van der Waals surface area contributed by atoms with Gasteiger partial charge in [0.05, 0.1) is 4.47 Å². The first-order valence-corrected chi connectivity index (χ1v) is 5.33. The predicted octanol–water partition coefficient (Wildman–Crippen LogP) is 2.30. The summed E-state index contributed by atoms with van der Waals surface area (Å²) in [6.07, 6.45) is 1.78. The molecule has 3 N–H and O–H groups in total. The van der Waals surface area contributed by atoms with E-state index in [-0.39, 0.29) is 5.54 Å². The highest BCUT2D eigenvalue weighted by Crippen LogP contribution is 2.23. The number of anilines is 1. The van der Waals surface area contributed by atoms with E-state index in [1.54, 1.807) is 6.20 Å². The van der Waals surface area contributed by atoms with Crippen molar-refractivity contribution < 1.29 is 0 Å². The van der Waals surface area contributed by atoms with Crippen LogP contribution in [0.25, 0.3) is 0 Å². The maximum absolute atomic E-state index is 5.87. The molecule has 0 aliphatic carbocycles. The van der Waals surface area contributed by atoms with Crippen LogP contribution in [0.15, 0.2) is 16.7 Å². The van der Waals surface area contributed by atoms with Crippen LogP contribution in [0.3, 0.4) is 0 Å². The maximum Gasteiger partial charge on any atom is 0.140 e. The summed E-state index contributed by atoms with van der Waals surface area (Å²) in [4.78, 5) is 4.23. The molecule has 14 heavy (non-hydrogen) atoms. The number of nitrogens with one attached hydrogen (secondary N) is 1. The Morgan fingerprint density at radius 1 is 1.57 bits per heavy atom. The van der Waals surface area contributed by atoms with E-state index in [1.807, 2.05) is 26.8 Å². The molecule has 1 rings (SSSR count). The summed E-state index contributed by atoms with van der Waals surface area (Å²) in [6, 6.07) is 1.96. The van der Waals surface area contributed by atoms with Crippen molar-refractivity contribution in [2.75, 3.05) is 11.9 Å². The Morgan fingerprint density at radius 3 is 2.79 bits per heavy atom. The predicted molar refractivity (Wildman–Crippen MR) is 63.4 cm³/mol. The minimum absolute atomic E-state index is 0.231. The Labute approximate surface area is 93.2 Å². The number of aromatic nitrogens is 1. The first-order valence-electron chi connectivity index (χ1n) is 4.54. The topological polar surface area (TPSA) is 50.9 Å². The smallest absolute Gasteiger partial charge is 0.140 e. The summed E-state index contributed by atoms with van der Waals surface area (Å²) in [6.45, 7) is 6.68. The normalized spacial score (nSPS) is 11.5. The van der Waals surface area contributed by atoms with Crippen molar-refractivity contribution in [2.45, 2.75) is 26.3 Å². The van der Waals surface area contributed by atoms with Gasteiger partial charge in [0.15, 0.2) is 0 Å². The maximum atomic E-state index is 5.87. The number of hydrogen-bond donors (Lipinski definition) is 2. The molecule has 0 bridgehead atoms. The molecule has 0 radical (unpaired) electrons. The summed E-state index contributed by atoms with van der Waals surface area (Å²) >= 11 is 3.48. The lowest BCUT2D eigenvalue weighted by Gasteiger charge is -2.20. The minimum atomic E-state index is -0.231. The molecule has 0 aromatic carbocycles. The van der Waals surface area contributed by atoms with Crippen LogP contribution in [0.1, 0.15) is 19.4 Å². The van der Waals surface area contributed by atoms with Crippen LogP contribution in [-0.2, 0) is 0 Å². The lowest BCUT2D eigenvalue weighted by Crippen LogP contribution is -2.39. The van der Waals surface area contributed by atoms with Crippen LogP contribution < -0.4 is 11.1 Å². The second-order valence-corrected chi connectivity index (χ2v) is 4.93. The first-order chi connectivity index (χ1) is 6.40. The molecule has 0 amide bonds. The fourth-order valence-corrected chi connectivity index (χ4v) is 1.35. The minimum Gasteiger partial charge on any atom is -0.367 e. The number of pyridine rings is 1. The van der Waals surface area contributed by atoms with E-state index < -0.39 is 0 Å². The number of rotatable bonds is 3. The van der Waals surface area contributed by atoms with Crippen molar-refractivity contribution >= 4 is 21.7 Å². The third kappa shape index (κ3) is 3.27. The second-order valence-electron chi connectivity index (χ2n) is 4.13. The summed E-state index contributed by atoms with van der Waals surface area (Å²) in [7, 11) is 0. The monoisotopic (exact) mass is 257 g/mol. The molecule has 0 saturated heterocycles. The van der Waals surface area contributed by atoms with Gasteiger partial charge in [-0.1, -0.05) is 0 Å². The summed E-state index contributed by atoms with van der Waals surface area (Å²) in [5.41, 5.74) is 6.80. The molecule has 0 aliphatic heterocycles. The largest absolute Gasteiger partial charge is 0.367 e. The highest BCUT2D eigenvalue weighted by molar-refractivity contribution is 9.10. The zero-order chi connectivity index (χ0) is 10.8. The van der Waals surface area contributed by atoms with E-state index in [1.165, 1.54) is 0 Å². The van der Waals surface area contributed by atoms with Gasteiger partial charge in [-0.25, -0.2) is 4.98 Å². The van der Waals surface area contributed by atoms with Gasteiger partial charge in [-0.2, -0.15) is 0 Å². The standard InChI is InChI=1S/C10H16BrN3/c1-7-4-5-13-9(8(7)11)14-6-10(2,3)12/h4-5H,6,12H2,1-3H3,(H,13,14). The fraction of sp³-hybridized carbons (Fsp3) is 0.500. The van der Waals surface area contributed by atoms with Gasteiger partial charge < -0.3 is 11.1 Å². The quantitative estimate of drug-likeness (QED) is 0.874. The fourth-order valence-electron chi connectivity index (χ4n) is 0.975. The Kier molecular flexibility index (Phi) is 3.50. The first kappa shape index (κ1) is 11.5. The second kappa shape index (κ2) is 4.28. The molecule has 0 atom stereocenters. The van der Waals surface area contributed by atoms with Crippen LogP contribution >= 0.6 is 15.9 Å². The average molecular weight is 258 g/mol. The van der Waals surface area contributed by atoms with Crippen molar-refractivity contribution in [2.24, 2.45) is 5.73 Å². The molecular weight excluding hydrogens is 242 g/mol. The van der Waals surface area contributed by atoms with Crippen LogP contribution in [0.4, 0.5) is 5.82 Å². The van der Waals surface area contributed by atoms with Crippen LogP contribution in [0, 0.1) is 6.92 Å². The van der Waals surface area contributed by atoms with Gasteiger partial charge in [-0.15, -0.1) is 0 Å². The van der Waals surface area contributed by atoms with Crippen molar-refractivity contribution in [1.82, 2.24) is 4.98 Å². The molecule has 0 fully saturated rings. The molecule has 4 heteroatoms. The van der Waals surface area contributed by atoms with Gasteiger partial charge in [0.2, 0.25) is 0 Å². The third-order valence-electron chi connectivity index (χ3n) is 1.79. The van der Waals surface area contributed by atoms with E-state index in [4.69, 9.17) is 5.73 Å². The Bertz CT molecular complexity index is 318. The third-order valence-corrected chi connectivity index (χ3v) is 2.79. The van der Waals surface area contributed by atoms with E-state index >= 15 is 0 Å². The summed E-state index contributed by atoms with van der Waals surface area (Å²) in [5.74, 6) is 0.850. The highest BCUT2D eigenvalue weighted by atomic mass is 79.9. The number of halogens is 1. The molecule has 3 nitrogen and oxygen atoms in total. The average Bonchev–Trinajstić information content (AvgIpc) is 2.06. The van der Waals surface area contributed by atoms with Crippen LogP contribution in [0.2, 0.25) is 0 Å². The molecule has 0 unspecified atom stereocenters. The van der Waals surface area contributed by atoms with Gasteiger partial charge in [0, 0.05) is 18.3 Å². The number of aryl methyl sites for hydroxylation is 1. The number of nitrogens with two attached hydrogens (primary N) is 1. The zero-order valence-corrected chi connectivity index (χ0v) is 10.4. The Balaban J connectivity index is 2.73. The summed E-state index contributed by atoms with van der Waals surface area (Å²) in [5, 5.41) is 3.21. The molecule has 0 spiro atoms. The number of hydrogen-bond acceptors (Lipinski definition) is 3. The van der Waals surface area contributed by atoms with Gasteiger partial charge >= 0.3 is 0 Å². The lowest BCUT2D eigenvalue weighted by atomic mass is 10.1. The van der Waals surface area contributed by atoms with E-state index in [2.05, 4.69) is 26.2 Å². The van der Waals surface area contributed by atoms with Gasteiger partial charge in [0.25, 0.3) is 0 Å². The van der Waals surface area contributed by atoms with E-state index in [9.17, 15) is 0 Å². The molecule has 1 heterocycles. The van der Waals surface area contributed by atoms with E-state index in [0.29, 0.717) is 6.54 Å². The van der Waals surface area contributed by atoms with Crippen molar-refractivity contribution in [3.05, 3.63) is 22.3 Å². The van der Waals surface area contributed by atoms with Gasteiger partial charge in [-0.05, 0) is 48.3 Å². The van der Waals surface area contributed by atoms with Crippen LogP contribution in [-0.4, -0.2) is 17.1 Å². The Hall–Kier alpha value is -0.610. The van der Waals surface area contributed by atoms with Gasteiger partial charge in [-0.3, -0.25) is 0 Å². The number of nitrogens with zero attached hydrogens (tertiary/aromatic N) is 1. The van der Waals surface area contributed by atoms with Gasteiger partial charge in [0.1, 0.15) is 5.82 Å². The van der Waals surface area contributed by atoms with Crippen molar-refractivity contribution in [3.63, 3.8) is 0 Å². The summed E-state index contributed by atoms with van der Waals surface area (Å²) < 4.78 is 1.00. The highest BCUT2D eigenvalue weighted by Gasteiger charge is 2.11. The molecule has 1 aromatic heterocycles. The molecule has 0 saturated carbocycles. The zero-order valence-electron chi connectivity index (χ0n) is 8.76. The Morgan fingerprint density at radius 2 is 2.21 bits per heavy atom. The van der Waals surface area contributed by atoms with Crippen molar-refractivity contribution in [1.29, 1.82) is 0 Å². The molecular formula is C10H16BrN3. The van der Waals surface area contributed by atoms with Crippen molar-refractivity contribution in [3.8, 4) is 0 Å². The lowest BCUT2D eigenvalue weighted by molar-refractivity contribution is 0.548. The molecule has 78 valence electrons. The molecule has 0 aliphatic rings. The van der Waals surface area contributed by atoms with E-state index in [0.717, 1.165) is 15.9 Å².